The van der Waals surface area contributed by atoms with E-state index in [1.165, 1.54) is 5.56 Å². The molecule has 1 atom stereocenters. The Hall–Kier alpha value is -2.14. The minimum atomic E-state index is 0.295. The highest BCUT2D eigenvalue weighted by Gasteiger charge is 2.15. The van der Waals surface area contributed by atoms with Crippen LogP contribution in [0.4, 0.5) is 17.5 Å². The molecule has 0 radical (unpaired) electrons. The van der Waals surface area contributed by atoms with Gasteiger partial charge in [-0.25, -0.2) is 4.98 Å². The van der Waals surface area contributed by atoms with E-state index in [0.29, 0.717) is 12.1 Å². The molecule has 0 amide bonds. The van der Waals surface area contributed by atoms with E-state index >= 15 is 0 Å². The number of nitrogens with one attached hydrogen (secondary N) is 2. The Bertz CT molecular complexity index is 636. The van der Waals surface area contributed by atoms with Crippen LogP contribution in [0.25, 0.3) is 0 Å². The van der Waals surface area contributed by atoms with Crippen LogP contribution in [-0.2, 0) is 11.2 Å². The third kappa shape index (κ3) is 4.42. The molecule has 122 valence electrons. The van der Waals surface area contributed by atoms with Gasteiger partial charge in [0, 0.05) is 30.6 Å². The largest absolute Gasteiger partial charge is 0.376 e. The first-order valence-corrected chi connectivity index (χ1v) is 8.30. The highest BCUT2D eigenvalue weighted by atomic mass is 16.5. The molecular formula is C18H24N4O. The zero-order valence-electron chi connectivity index (χ0n) is 13.8. The lowest BCUT2D eigenvalue weighted by atomic mass is 10.1. The van der Waals surface area contributed by atoms with Crippen LogP contribution in [0.3, 0.4) is 0 Å². The van der Waals surface area contributed by atoms with Gasteiger partial charge in [-0.2, -0.15) is 4.98 Å². The molecule has 0 spiro atoms. The second-order valence-electron chi connectivity index (χ2n) is 5.91. The fourth-order valence-corrected chi connectivity index (χ4v) is 2.69. The van der Waals surface area contributed by atoms with Gasteiger partial charge < -0.3 is 15.4 Å². The van der Waals surface area contributed by atoms with Gasteiger partial charge in [-0.3, -0.25) is 0 Å². The summed E-state index contributed by atoms with van der Waals surface area (Å²) in [5.74, 6) is 1.45. The fourth-order valence-electron chi connectivity index (χ4n) is 2.69. The Morgan fingerprint density at radius 2 is 2.04 bits per heavy atom. The molecule has 1 aliphatic heterocycles. The Labute approximate surface area is 137 Å². The topological polar surface area (TPSA) is 59.1 Å². The zero-order valence-corrected chi connectivity index (χ0v) is 13.8. The van der Waals surface area contributed by atoms with Gasteiger partial charge in [0.25, 0.3) is 0 Å². The number of hydrogen-bond donors (Lipinski definition) is 2. The standard InChI is InChI=1S/C18H24N4O/c1-3-14-6-8-15(9-7-14)21-18-20-13(2)11-17(22-18)19-12-16-5-4-10-23-16/h6-9,11,16H,3-5,10,12H2,1-2H3,(H2,19,20,21,22). The molecular weight excluding hydrogens is 288 g/mol. The number of hydrogen-bond acceptors (Lipinski definition) is 5. The molecule has 2 aromatic rings. The predicted molar refractivity (Wildman–Crippen MR) is 93.3 cm³/mol. The molecule has 1 aromatic carbocycles. The molecule has 1 aromatic heterocycles. The average molecular weight is 312 g/mol. The summed E-state index contributed by atoms with van der Waals surface area (Å²) in [5, 5.41) is 6.63. The maximum atomic E-state index is 5.63. The van der Waals surface area contributed by atoms with Crippen molar-refractivity contribution in [2.24, 2.45) is 0 Å². The van der Waals surface area contributed by atoms with E-state index in [9.17, 15) is 0 Å². The molecule has 0 aliphatic carbocycles. The molecule has 3 rings (SSSR count). The van der Waals surface area contributed by atoms with Gasteiger partial charge >= 0.3 is 0 Å². The van der Waals surface area contributed by atoms with E-state index in [0.717, 1.165) is 49.6 Å². The van der Waals surface area contributed by atoms with Crippen LogP contribution in [0, 0.1) is 6.92 Å². The summed E-state index contributed by atoms with van der Waals surface area (Å²) < 4.78 is 5.63. The monoisotopic (exact) mass is 312 g/mol. The lowest BCUT2D eigenvalue weighted by Gasteiger charge is -2.13. The lowest BCUT2D eigenvalue weighted by molar-refractivity contribution is 0.120. The van der Waals surface area contributed by atoms with E-state index in [1.807, 2.05) is 13.0 Å². The minimum Gasteiger partial charge on any atom is -0.376 e. The summed E-state index contributed by atoms with van der Waals surface area (Å²) in [4.78, 5) is 9.00. The van der Waals surface area contributed by atoms with E-state index in [-0.39, 0.29) is 0 Å². The van der Waals surface area contributed by atoms with Crippen LogP contribution >= 0.6 is 0 Å². The van der Waals surface area contributed by atoms with Crippen LogP contribution in [0.15, 0.2) is 30.3 Å². The van der Waals surface area contributed by atoms with Crippen molar-refractivity contribution in [2.45, 2.75) is 39.2 Å². The maximum absolute atomic E-state index is 5.63. The molecule has 23 heavy (non-hydrogen) atoms. The van der Waals surface area contributed by atoms with Crippen LogP contribution < -0.4 is 10.6 Å². The second-order valence-corrected chi connectivity index (χ2v) is 5.91. The van der Waals surface area contributed by atoms with Gasteiger partial charge in [-0.15, -0.1) is 0 Å². The van der Waals surface area contributed by atoms with Crippen LogP contribution in [0.5, 0.6) is 0 Å². The first kappa shape index (κ1) is 15.7. The van der Waals surface area contributed by atoms with Gasteiger partial charge in [0.1, 0.15) is 5.82 Å². The molecule has 2 N–H and O–H groups in total. The summed E-state index contributed by atoms with van der Waals surface area (Å²) in [6.45, 7) is 5.79. The van der Waals surface area contributed by atoms with Gasteiger partial charge in [0.15, 0.2) is 0 Å². The van der Waals surface area contributed by atoms with Crippen molar-refractivity contribution in [1.29, 1.82) is 0 Å². The molecule has 1 unspecified atom stereocenters. The van der Waals surface area contributed by atoms with Crippen LogP contribution in [0.1, 0.15) is 31.0 Å². The molecule has 1 saturated heterocycles. The summed E-state index contributed by atoms with van der Waals surface area (Å²) in [7, 11) is 0. The summed E-state index contributed by atoms with van der Waals surface area (Å²) in [5.41, 5.74) is 3.25. The average Bonchev–Trinajstić information content (AvgIpc) is 3.07. The Balaban J connectivity index is 1.66. The number of rotatable bonds is 6. The van der Waals surface area contributed by atoms with Crippen molar-refractivity contribution in [3.8, 4) is 0 Å². The predicted octanol–water partition coefficient (Wildman–Crippen LogP) is 3.68. The third-order valence-electron chi connectivity index (χ3n) is 4.01. The first-order chi connectivity index (χ1) is 11.2. The van der Waals surface area contributed by atoms with Gasteiger partial charge in [0.05, 0.1) is 6.10 Å². The van der Waals surface area contributed by atoms with Gasteiger partial charge in [-0.1, -0.05) is 19.1 Å². The highest BCUT2D eigenvalue weighted by Crippen LogP contribution is 2.18. The quantitative estimate of drug-likeness (QED) is 0.852. The third-order valence-corrected chi connectivity index (χ3v) is 4.01. The molecule has 5 heteroatoms. The molecule has 5 nitrogen and oxygen atoms in total. The Morgan fingerprint density at radius 1 is 1.22 bits per heavy atom. The molecule has 0 saturated carbocycles. The van der Waals surface area contributed by atoms with Crippen molar-refractivity contribution in [2.75, 3.05) is 23.8 Å². The van der Waals surface area contributed by atoms with Crippen molar-refractivity contribution in [1.82, 2.24) is 9.97 Å². The summed E-state index contributed by atoms with van der Waals surface area (Å²) in [6.07, 6.45) is 3.60. The lowest BCUT2D eigenvalue weighted by Crippen LogP contribution is -2.19. The van der Waals surface area contributed by atoms with Gasteiger partial charge in [0.2, 0.25) is 5.95 Å². The van der Waals surface area contributed by atoms with E-state index in [1.54, 1.807) is 0 Å². The molecule has 1 aliphatic rings. The molecule has 1 fully saturated rings. The number of nitrogens with zero attached hydrogens (tertiary/aromatic N) is 2. The van der Waals surface area contributed by atoms with Crippen molar-refractivity contribution in [3.63, 3.8) is 0 Å². The van der Waals surface area contributed by atoms with Crippen LogP contribution in [0.2, 0.25) is 0 Å². The van der Waals surface area contributed by atoms with Crippen molar-refractivity contribution >= 4 is 17.5 Å². The number of anilines is 3. The van der Waals surface area contributed by atoms with Crippen molar-refractivity contribution < 1.29 is 4.74 Å². The number of aromatic nitrogens is 2. The summed E-state index contributed by atoms with van der Waals surface area (Å²) in [6, 6.07) is 10.3. The number of benzene rings is 1. The zero-order chi connectivity index (χ0) is 16.1. The van der Waals surface area contributed by atoms with Crippen LogP contribution in [-0.4, -0.2) is 29.2 Å². The van der Waals surface area contributed by atoms with Gasteiger partial charge in [-0.05, 0) is 43.9 Å². The van der Waals surface area contributed by atoms with E-state index < -0.39 is 0 Å². The first-order valence-electron chi connectivity index (χ1n) is 8.30. The highest BCUT2D eigenvalue weighted by molar-refractivity contribution is 5.55. The smallest absolute Gasteiger partial charge is 0.229 e. The fraction of sp³-hybridized carbons (Fsp3) is 0.444. The van der Waals surface area contributed by atoms with Crippen molar-refractivity contribution in [3.05, 3.63) is 41.6 Å². The second kappa shape index (κ2) is 7.42. The summed E-state index contributed by atoms with van der Waals surface area (Å²) >= 11 is 0. The van der Waals surface area contributed by atoms with E-state index in [2.05, 4.69) is 51.8 Å². The normalized spacial score (nSPS) is 17.2. The number of ether oxygens (including phenoxy) is 1. The minimum absolute atomic E-state index is 0.295. The Morgan fingerprint density at radius 3 is 2.74 bits per heavy atom. The van der Waals surface area contributed by atoms with E-state index in [4.69, 9.17) is 4.74 Å². The molecule has 0 bridgehead atoms. The SMILES string of the molecule is CCc1ccc(Nc2nc(C)cc(NCC3CCCO3)n2)cc1. The molecule has 2 heterocycles. The Kier molecular flexibility index (Phi) is 5.08. The maximum Gasteiger partial charge on any atom is 0.229 e. The number of aryl methyl sites for hydroxylation is 2.